The molecule has 0 amide bonds. The number of hydrogen-bond acceptors (Lipinski definition) is 3. The second kappa shape index (κ2) is 4.70. The Morgan fingerprint density at radius 1 is 1.50 bits per heavy atom. The molecular weight excluding hydrogens is 209 g/mol. The molecule has 1 fully saturated rings. The lowest BCUT2D eigenvalue weighted by molar-refractivity contribution is 0.384. The van der Waals surface area contributed by atoms with E-state index in [1.54, 1.807) is 6.07 Å². The molecule has 1 atom stereocenters. The monoisotopic (exact) mass is 225 g/mol. The number of ether oxygens (including phenoxy) is 1. The Hall–Kier alpha value is -1.29. The minimum absolute atomic E-state index is 0.120. The van der Waals surface area contributed by atoms with Gasteiger partial charge in [0.25, 0.3) is 0 Å². The first-order chi connectivity index (χ1) is 7.72. The fraction of sp³-hybridized carbons (Fsp3) is 0.500. The minimum atomic E-state index is -0.519. The number of benzene rings is 1. The number of aromatic hydroxyl groups is 1. The molecule has 16 heavy (non-hydrogen) atoms. The van der Waals surface area contributed by atoms with Gasteiger partial charge in [0.2, 0.25) is 0 Å². The van der Waals surface area contributed by atoms with Crippen molar-refractivity contribution in [2.45, 2.75) is 18.8 Å². The van der Waals surface area contributed by atoms with E-state index in [9.17, 15) is 9.50 Å². The van der Waals surface area contributed by atoms with Crippen LogP contribution in [0.2, 0.25) is 0 Å². The molecule has 2 rings (SSSR count). The maximum Gasteiger partial charge on any atom is 0.168 e. The van der Waals surface area contributed by atoms with Crippen LogP contribution < -0.4 is 10.1 Å². The lowest BCUT2D eigenvalue weighted by Crippen LogP contribution is -2.28. The van der Waals surface area contributed by atoms with Gasteiger partial charge in [0.15, 0.2) is 11.6 Å². The van der Waals surface area contributed by atoms with Crippen molar-refractivity contribution in [3.05, 3.63) is 23.5 Å². The third-order valence-corrected chi connectivity index (χ3v) is 3.03. The highest BCUT2D eigenvalue weighted by Gasteiger charge is 2.21. The molecule has 1 aromatic rings. The van der Waals surface area contributed by atoms with E-state index in [2.05, 4.69) is 5.32 Å². The minimum Gasteiger partial charge on any atom is -0.505 e. The predicted molar refractivity (Wildman–Crippen MR) is 59.5 cm³/mol. The van der Waals surface area contributed by atoms with Crippen LogP contribution in [0.4, 0.5) is 4.39 Å². The third kappa shape index (κ3) is 2.11. The average molecular weight is 225 g/mol. The number of methoxy groups -OCH3 is 1. The molecule has 1 unspecified atom stereocenters. The Labute approximate surface area is 94.2 Å². The number of phenolic OH excluding ortho intramolecular Hbond substituents is 1. The van der Waals surface area contributed by atoms with E-state index in [0.29, 0.717) is 11.3 Å². The Morgan fingerprint density at radius 3 is 2.94 bits per heavy atom. The zero-order chi connectivity index (χ0) is 11.5. The first kappa shape index (κ1) is 11.2. The normalized spacial score (nSPS) is 20.8. The second-order valence-electron chi connectivity index (χ2n) is 4.09. The van der Waals surface area contributed by atoms with Crippen LogP contribution in [0, 0.1) is 5.82 Å². The summed E-state index contributed by atoms with van der Waals surface area (Å²) in [4.78, 5) is 0. The van der Waals surface area contributed by atoms with Crippen molar-refractivity contribution < 1.29 is 14.2 Å². The van der Waals surface area contributed by atoms with E-state index >= 15 is 0 Å². The summed E-state index contributed by atoms with van der Waals surface area (Å²) in [6, 6.07) is 2.97. The molecule has 0 saturated carbocycles. The summed E-state index contributed by atoms with van der Waals surface area (Å²) in [5.74, 6) is -0.233. The number of piperidine rings is 1. The van der Waals surface area contributed by atoms with Gasteiger partial charge < -0.3 is 15.2 Å². The van der Waals surface area contributed by atoms with Crippen LogP contribution in [0.3, 0.4) is 0 Å². The van der Waals surface area contributed by atoms with Crippen molar-refractivity contribution in [2.75, 3.05) is 20.2 Å². The maximum absolute atomic E-state index is 13.8. The Balaban J connectivity index is 2.33. The summed E-state index contributed by atoms with van der Waals surface area (Å²) < 4.78 is 18.8. The standard InChI is InChI=1S/C12H16FNO2/c1-16-9-5-10(12(13)11(15)6-9)8-3-2-4-14-7-8/h5-6,8,14-15H,2-4,7H2,1H3. The van der Waals surface area contributed by atoms with Crippen LogP contribution >= 0.6 is 0 Å². The second-order valence-corrected chi connectivity index (χ2v) is 4.09. The van der Waals surface area contributed by atoms with Crippen LogP contribution in [0.15, 0.2) is 12.1 Å². The molecule has 1 heterocycles. The van der Waals surface area contributed by atoms with Crippen LogP contribution in [0.25, 0.3) is 0 Å². The van der Waals surface area contributed by atoms with Gasteiger partial charge in [-0.05, 0) is 36.9 Å². The van der Waals surface area contributed by atoms with Gasteiger partial charge in [-0.2, -0.15) is 0 Å². The highest BCUT2D eigenvalue weighted by Crippen LogP contribution is 2.33. The van der Waals surface area contributed by atoms with Gasteiger partial charge in [-0.15, -0.1) is 0 Å². The van der Waals surface area contributed by atoms with E-state index in [4.69, 9.17) is 4.74 Å². The molecule has 2 N–H and O–H groups in total. The first-order valence-corrected chi connectivity index (χ1v) is 5.49. The predicted octanol–water partition coefficient (Wildman–Crippen LogP) is 2.01. The Morgan fingerprint density at radius 2 is 2.31 bits per heavy atom. The van der Waals surface area contributed by atoms with Crippen LogP contribution in [-0.2, 0) is 0 Å². The Bertz CT molecular complexity index is 376. The van der Waals surface area contributed by atoms with Gasteiger partial charge in [-0.25, -0.2) is 4.39 Å². The molecule has 4 heteroatoms. The van der Waals surface area contributed by atoms with E-state index in [-0.39, 0.29) is 11.7 Å². The molecule has 0 aromatic heterocycles. The summed E-state index contributed by atoms with van der Waals surface area (Å²) >= 11 is 0. The molecule has 3 nitrogen and oxygen atoms in total. The summed E-state index contributed by atoms with van der Waals surface area (Å²) in [6.45, 7) is 1.73. The molecule has 0 aliphatic carbocycles. The molecule has 1 aliphatic heterocycles. The molecule has 0 spiro atoms. The third-order valence-electron chi connectivity index (χ3n) is 3.03. The van der Waals surface area contributed by atoms with Gasteiger partial charge in [-0.3, -0.25) is 0 Å². The number of rotatable bonds is 2. The van der Waals surface area contributed by atoms with E-state index < -0.39 is 5.82 Å². The van der Waals surface area contributed by atoms with Crippen molar-refractivity contribution in [1.29, 1.82) is 0 Å². The maximum atomic E-state index is 13.8. The zero-order valence-electron chi connectivity index (χ0n) is 9.29. The molecule has 1 aromatic carbocycles. The van der Waals surface area contributed by atoms with Crippen molar-refractivity contribution in [3.8, 4) is 11.5 Å². The highest BCUT2D eigenvalue weighted by atomic mass is 19.1. The van der Waals surface area contributed by atoms with Gasteiger partial charge in [-0.1, -0.05) is 0 Å². The van der Waals surface area contributed by atoms with Crippen LogP contribution in [0.1, 0.15) is 24.3 Å². The summed E-state index contributed by atoms with van der Waals surface area (Å²) in [7, 11) is 1.51. The molecule has 0 bridgehead atoms. The fourth-order valence-electron chi connectivity index (χ4n) is 2.14. The van der Waals surface area contributed by atoms with Gasteiger partial charge in [0.05, 0.1) is 7.11 Å². The van der Waals surface area contributed by atoms with Gasteiger partial charge in [0, 0.05) is 12.6 Å². The SMILES string of the molecule is COc1cc(O)c(F)c(C2CCCNC2)c1. The number of nitrogens with one attached hydrogen (secondary N) is 1. The Kier molecular flexibility index (Phi) is 3.29. The highest BCUT2D eigenvalue weighted by molar-refractivity contribution is 5.41. The van der Waals surface area contributed by atoms with Crippen molar-refractivity contribution in [1.82, 2.24) is 5.32 Å². The molecule has 1 saturated heterocycles. The zero-order valence-corrected chi connectivity index (χ0v) is 9.29. The summed E-state index contributed by atoms with van der Waals surface area (Å²) in [5.41, 5.74) is 0.545. The number of phenols is 1. The molecule has 88 valence electrons. The smallest absolute Gasteiger partial charge is 0.168 e. The largest absolute Gasteiger partial charge is 0.505 e. The van der Waals surface area contributed by atoms with Crippen LogP contribution in [-0.4, -0.2) is 25.3 Å². The fourth-order valence-corrected chi connectivity index (χ4v) is 2.14. The molecular formula is C12H16FNO2. The topological polar surface area (TPSA) is 41.5 Å². The first-order valence-electron chi connectivity index (χ1n) is 5.49. The van der Waals surface area contributed by atoms with Gasteiger partial charge in [0.1, 0.15) is 5.75 Å². The average Bonchev–Trinajstić information content (AvgIpc) is 2.33. The van der Waals surface area contributed by atoms with E-state index in [1.807, 2.05) is 0 Å². The summed E-state index contributed by atoms with van der Waals surface area (Å²) in [5, 5.41) is 12.7. The van der Waals surface area contributed by atoms with E-state index in [0.717, 1.165) is 25.9 Å². The number of halogens is 1. The van der Waals surface area contributed by atoms with Crippen LogP contribution in [0.5, 0.6) is 11.5 Å². The summed E-state index contributed by atoms with van der Waals surface area (Å²) in [6.07, 6.45) is 1.97. The van der Waals surface area contributed by atoms with Crippen molar-refractivity contribution >= 4 is 0 Å². The van der Waals surface area contributed by atoms with Crippen molar-refractivity contribution in [3.63, 3.8) is 0 Å². The lowest BCUT2D eigenvalue weighted by atomic mass is 9.91. The molecule has 1 aliphatic rings. The van der Waals surface area contributed by atoms with Gasteiger partial charge >= 0.3 is 0 Å². The quantitative estimate of drug-likeness (QED) is 0.809. The number of hydrogen-bond donors (Lipinski definition) is 2. The van der Waals surface area contributed by atoms with E-state index in [1.165, 1.54) is 13.2 Å². The lowest BCUT2D eigenvalue weighted by Gasteiger charge is -2.24. The molecule has 0 radical (unpaired) electrons. The van der Waals surface area contributed by atoms with Crippen molar-refractivity contribution in [2.24, 2.45) is 0 Å².